The number of nitrogens with one attached hydrogen (secondary N) is 2. The number of hydrogen-bond donors (Lipinski definition) is 2. The van der Waals surface area contributed by atoms with Gasteiger partial charge in [-0.3, -0.25) is 14.9 Å². The molecule has 1 rings (SSSR count). The summed E-state index contributed by atoms with van der Waals surface area (Å²) in [4.78, 5) is 34.2. The standard InChI is InChI=1S/C16H20N4O5/c1-10(2)16(3,9-17)19-14(21)8-25-15(22)11-5-6-12(18-4)13(7-11)20(23)24/h5-7,10,18H,8H2,1-4H3,(H,19,21)/t16-/m0/s1. The fourth-order valence-electron chi connectivity index (χ4n) is 1.86. The number of hydrogen-bond acceptors (Lipinski definition) is 7. The molecule has 1 atom stereocenters. The van der Waals surface area contributed by atoms with Crippen molar-refractivity contribution in [3.8, 4) is 6.07 Å². The Kier molecular flexibility index (Phi) is 6.45. The molecule has 0 heterocycles. The first kappa shape index (κ1) is 19.9. The molecule has 0 aliphatic rings. The molecule has 2 N–H and O–H groups in total. The van der Waals surface area contributed by atoms with Crippen LogP contribution in [0.25, 0.3) is 0 Å². The van der Waals surface area contributed by atoms with Gasteiger partial charge < -0.3 is 15.4 Å². The van der Waals surface area contributed by atoms with Gasteiger partial charge in [0.15, 0.2) is 6.61 Å². The molecule has 0 bridgehead atoms. The summed E-state index contributed by atoms with van der Waals surface area (Å²) < 4.78 is 4.86. The lowest BCUT2D eigenvalue weighted by Crippen LogP contribution is -2.50. The van der Waals surface area contributed by atoms with Crippen LogP contribution in [-0.2, 0) is 9.53 Å². The van der Waals surface area contributed by atoms with E-state index in [9.17, 15) is 19.7 Å². The Morgan fingerprint density at radius 3 is 2.56 bits per heavy atom. The number of esters is 1. The third-order valence-corrected chi connectivity index (χ3v) is 3.82. The van der Waals surface area contributed by atoms with E-state index in [4.69, 9.17) is 10.00 Å². The summed E-state index contributed by atoms with van der Waals surface area (Å²) in [6.07, 6.45) is 0. The maximum Gasteiger partial charge on any atom is 0.338 e. The van der Waals surface area contributed by atoms with E-state index >= 15 is 0 Å². The minimum atomic E-state index is -1.09. The van der Waals surface area contributed by atoms with Crippen LogP contribution >= 0.6 is 0 Å². The molecule has 0 saturated carbocycles. The molecular formula is C16H20N4O5. The second kappa shape index (κ2) is 8.10. The maximum absolute atomic E-state index is 12.0. The van der Waals surface area contributed by atoms with Gasteiger partial charge in [-0.05, 0) is 25.0 Å². The van der Waals surface area contributed by atoms with Crippen LogP contribution < -0.4 is 10.6 Å². The van der Waals surface area contributed by atoms with Gasteiger partial charge >= 0.3 is 5.97 Å². The Morgan fingerprint density at radius 2 is 2.08 bits per heavy atom. The number of nitro benzene ring substituents is 1. The smallest absolute Gasteiger partial charge is 0.338 e. The molecule has 0 aliphatic carbocycles. The highest BCUT2D eigenvalue weighted by Gasteiger charge is 2.30. The molecule has 0 fully saturated rings. The van der Waals surface area contributed by atoms with Gasteiger partial charge in [0.25, 0.3) is 11.6 Å². The van der Waals surface area contributed by atoms with Gasteiger partial charge in [0.2, 0.25) is 0 Å². The van der Waals surface area contributed by atoms with E-state index in [1.54, 1.807) is 20.8 Å². The van der Waals surface area contributed by atoms with Crippen LogP contribution in [0.4, 0.5) is 11.4 Å². The lowest BCUT2D eigenvalue weighted by atomic mass is 9.90. The van der Waals surface area contributed by atoms with Crippen LogP contribution in [0.5, 0.6) is 0 Å². The van der Waals surface area contributed by atoms with E-state index in [0.29, 0.717) is 0 Å². The summed E-state index contributed by atoms with van der Waals surface area (Å²) in [7, 11) is 1.52. The molecule has 1 aromatic rings. The molecule has 0 radical (unpaired) electrons. The van der Waals surface area contributed by atoms with Crippen LogP contribution in [0.3, 0.4) is 0 Å². The number of nitrogens with zero attached hydrogens (tertiary/aromatic N) is 2. The monoisotopic (exact) mass is 348 g/mol. The van der Waals surface area contributed by atoms with E-state index < -0.39 is 28.9 Å². The van der Waals surface area contributed by atoms with Gasteiger partial charge in [0.05, 0.1) is 16.6 Å². The second-order valence-corrected chi connectivity index (χ2v) is 5.83. The van der Waals surface area contributed by atoms with Crippen molar-refractivity contribution in [1.82, 2.24) is 5.32 Å². The van der Waals surface area contributed by atoms with Crippen molar-refractivity contribution in [2.75, 3.05) is 19.0 Å². The van der Waals surface area contributed by atoms with Gasteiger partial charge in [0, 0.05) is 13.1 Å². The number of carbonyl (C=O) groups is 2. The highest BCUT2D eigenvalue weighted by molar-refractivity contribution is 5.93. The molecule has 9 heteroatoms. The van der Waals surface area contributed by atoms with Gasteiger partial charge in [0.1, 0.15) is 11.2 Å². The largest absolute Gasteiger partial charge is 0.452 e. The van der Waals surface area contributed by atoms with Gasteiger partial charge in [-0.25, -0.2) is 4.79 Å². The average Bonchev–Trinajstić information content (AvgIpc) is 2.58. The number of ether oxygens (including phenoxy) is 1. The van der Waals surface area contributed by atoms with Crippen LogP contribution in [0.15, 0.2) is 18.2 Å². The summed E-state index contributed by atoms with van der Waals surface area (Å²) in [6.45, 7) is 4.53. The molecule has 0 saturated heterocycles. The van der Waals surface area contributed by atoms with E-state index in [-0.39, 0.29) is 22.9 Å². The zero-order valence-corrected chi connectivity index (χ0v) is 14.5. The Morgan fingerprint density at radius 1 is 1.44 bits per heavy atom. The third kappa shape index (κ3) is 4.91. The average molecular weight is 348 g/mol. The van der Waals surface area contributed by atoms with Crippen LogP contribution in [0.2, 0.25) is 0 Å². The number of amides is 1. The lowest BCUT2D eigenvalue weighted by Gasteiger charge is -2.27. The van der Waals surface area contributed by atoms with Crippen molar-refractivity contribution in [3.05, 3.63) is 33.9 Å². The van der Waals surface area contributed by atoms with Crippen LogP contribution in [0, 0.1) is 27.4 Å². The fourth-order valence-corrected chi connectivity index (χ4v) is 1.86. The molecule has 0 aromatic heterocycles. The minimum absolute atomic E-state index is 0.0506. The van der Waals surface area contributed by atoms with Crippen molar-refractivity contribution in [2.45, 2.75) is 26.3 Å². The zero-order valence-electron chi connectivity index (χ0n) is 14.5. The molecule has 25 heavy (non-hydrogen) atoms. The van der Waals surface area contributed by atoms with Crippen molar-refractivity contribution >= 4 is 23.3 Å². The number of rotatable bonds is 7. The van der Waals surface area contributed by atoms with E-state index in [0.717, 1.165) is 6.07 Å². The molecule has 134 valence electrons. The fraction of sp³-hybridized carbons (Fsp3) is 0.438. The predicted molar refractivity (Wildman–Crippen MR) is 89.9 cm³/mol. The summed E-state index contributed by atoms with van der Waals surface area (Å²) in [6, 6.07) is 5.80. The molecule has 0 aliphatic heterocycles. The normalized spacial score (nSPS) is 12.6. The van der Waals surface area contributed by atoms with Crippen molar-refractivity contribution < 1.29 is 19.2 Å². The summed E-state index contributed by atoms with van der Waals surface area (Å²) >= 11 is 0. The number of carbonyl (C=O) groups excluding carboxylic acids is 2. The number of nitriles is 1. The summed E-state index contributed by atoms with van der Waals surface area (Å²) in [5.74, 6) is -1.65. The Bertz CT molecular complexity index is 726. The first-order chi connectivity index (χ1) is 11.6. The first-order valence-corrected chi connectivity index (χ1v) is 7.50. The van der Waals surface area contributed by atoms with Crippen molar-refractivity contribution in [2.24, 2.45) is 5.92 Å². The quantitative estimate of drug-likeness (QED) is 0.436. The number of nitro groups is 1. The van der Waals surface area contributed by atoms with Crippen LogP contribution in [0.1, 0.15) is 31.1 Å². The maximum atomic E-state index is 12.0. The lowest BCUT2D eigenvalue weighted by molar-refractivity contribution is -0.384. The minimum Gasteiger partial charge on any atom is -0.452 e. The number of benzene rings is 1. The van der Waals surface area contributed by atoms with Crippen LogP contribution in [-0.4, -0.2) is 36.0 Å². The predicted octanol–water partition coefficient (Wildman–Crippen LogP) is 1.85. The van der Waals surface area contributed by atoms with Gasteiger partial charge in [-0.2, -0.15) is 5.26 Å². The van der Waals surface area contributed by atoms with Crippen molar-refractivity contribution in [1.29, 1.82) is 5.26 Å². The molecule has 1 amide bonds. The van der Waals surface area contributed by atoms with Gasteiger partial charge in [-0.15, -0.1) is 0 Å². The number of anilines is 1. The molecule has 9 nitrogen and oxygen atoms in total. The topological polar surface area (TPSA) is 134 Å². The molecular weight excluding hydrogens is 328 g/mol. The molecule has 0 unspecified atom stereocenters. The van der Waals surface area contributed by atoms with E-state index in [2.05, 4.69) is 10.6 Å². The molecule has 1 aromatic carbocycles. The summed E-state index contributed by atoms with van der Waals surface area (Å²) in [5.41, 5.74) is -1.17. The van der Waals surface area contributed by atoms with E-state index in [1.165, 1.54) is 19.2 Å². The zero-order chi connectivity index (χ0) is 19.2. The Balaban J connectivity index is 2.78. The van der Waals surface area contributed by atoms with Crippen molar-refractivity contribution in [3.63, 3.8) is 0 Å². The molecule has 0 spiro atoms. The van der Waals surface area contributed by atoms with E-state index in [1.807, 2.05) is 6.07 Å². The Labute approximate surface area is 145 Å². The Hall–Kier alpha value is -3.15. The summed E-state index contributed by atoms with van der Waals surface area (Å²) in [5, 5.41) is 25.3. The first-order valence-electron chi connectivity index (χ1n) is 7.50. The van der Waals surface area contributed by atoms with Gasteiger partial charge in [-0.1, -0.05) is 13.8 Å². The highest BCUT2D eigenvalue weighted by Crippen LogP contribution is 2.25. The highest BCUT2D eigenvalue weighted by atomic mass is 16.6. The second-order valence-electron chi connectivity index (χ2n) is 5.83. The third-order valence-electron chi connectivity index (χ3n) is 3.82. The SMILES string of the molecule is CNc1ccc(C(=O)OCC(=O)N[C@@](C)(C#N)C(C)C)cc1[N+](=O)[O-].